The summed E-state index contributed by atoms with van der Waals surface area (Å²) in [7, 11) is 0. The highest BCUT2D eigenvalue weighted by atomic mass is 32.2. The molecule has 3 unspecified atom stereocenters. The van der Waals surface area contributed by atoms with Crippen molar-refractivity contribution >= 4 is 59.8 Å². The van der Waals surface area contributed by atoms with Gasteiger partial charge in [0.2, 0.25) is 17.7 Å². The van der Waals surface area contributed by atoms with Gasteiger partial charge in [0.1, 0.15) is 12.1 Å². The maximum atomic E-state index is 12.2. The standard InChI is InChI=1S/C15H28N4O5S3/c1-26-5-3-9(16)13(21)17-7-12(20)18-11(8-25)14(22)19-10(15(23)24)4-6-27-2/h9-11,25H,3-8,16H2,1-2H3,(H,17,21)(H,18,20)(H,19,22)(H,23,24). The molecule has 0 aromatic carbocycles. The lowest BCUT2D eigenvalue weighted by atomic mass is 10.2. The van der Waals surface area contributed by atoms with Crippen LogP contribution in [0.4, 0.5) is 0 Å². The molecule has 3 atom stereocenters. The van der Waals surface area contributed by atoms with Crippen LogP contribution in [0.3, 0.4) is 0 Å². The summed E-state index contributed by atoms with van der Waals surface area (Å²) in [6.45, 7) is -0.335. The Hall–Kier alpha value is -1.11. The summed E-state index contributed by atoms with van der Waals surface area (Å²) >= 11 is 7.04. The zero-order valence-corrected chi connectivity index (χ0v) is 17.9. The maximum absolute atomic E-state index is 12.2. The third-order valence-corrected chi connectivity index (χ3v) is 5.11. The molecule has 156 valence electrons. The summed E-state index contributed by atoms with van der Waals surface area (Å²) in [6, 6.07) is -2.76. The summed E-state index contributed by atoms with van der Waals surface area (Å²) in [5, 5.41) is 16.4. The normalized spacial score (nSPS) is 13.9. The minimum Gasteiger partial charge on any atom is -0.480 e. The first-order valence-corrected chi connectivity index (χ1v) is 11.6. The number of nitrogens with two attached hydrogens (primary N) is 1. The highest BCUT2D eigenvalue weighted by molar-refractivity contribution is 7.98. The quantitative estimate of drug-likeness (QED) is 0.187. The predicted molar refractivity (Wildman–Crippen MR) is 112 cm³/mol. The van der Waals surface area contributed by atoms with E-state index in [2.05, 4.69) is 28.6 Å². The molecule has 0 fully saturated rings. The number of carboxylic acids is 1. The average molecular weight is 441 g/mol. The van der Waals surface area contributed by atoms with Gasteiger partial charge in [-0.15, -0.1) is 0 Å². The van der Waals surface area contributed by atoms with E-state index in [9.17, 15) is 19.2 Å². The number of rotatable bonds is 14. The topological polar surface area (TPSA) is 151 Å². The third-order valence-electron chi connectivity index (χ3n) is 3.45. The van der Waals surface area contributed by atoms with Crippen LogP contribution in [0.5, 0.6) is 0 Å². The van der Waals surface area contributed by atoms with Gasteiger partial charge in [-0.1, -0.05) is 0 Å². The van der Waals surface area contributed by atoms with Crippen LogP contribution in [0.2, 0.25) is 0 Å². The maximum Gasteiger partial charge on any atom is 0.326 e. The van der Waals surface area contributed by atoms with Crippen molar-refractivity contribution < 1.29 is 24.3 Å². The molecule has 0 heterocycles. The van der Waals surface area contributed by atoms with Gasteiger partial charge in [0.05, 0.1) is 12.6 Å². The van der Waals surface area contributed by atoms with Crippen LogP contribution in [0.1, 0.15) is 12.8 Å². The lowest BCUT2D eigenvalue weighted by Crippen LogP contribution is -2.54. The Morgan fingerprint density at radius 3 is 2.11 bits per heavy atom. The van der Waals surface area contributed by atoms with Crippen molar-refractivity contribution in [2.45, 2.75) is 31.0 Å². The van der Waals surface area contributed by atoms with Gasteiger partial charge >= 0.3 is 5.97 Å². The summed E-state index contributed by atoms with van der Waals surface area (Å²) in [4.78, 5) is 47.1. The number of thioether (sulfide) groups is 2. The molecule has 0 rings (SSSR count). The zero-order chi connectivity index (χ0) is 20.8. The molecule has 0 aliphatic rings. The van der Waals surface area contributed by atoms with E-state index in [0.717, 1.165) is 5.75 Å². The first-order valence-electron chi connectivity index (χ1n) is 8.21. The Morgan fingerprint density at radius 2 is 1.59 bits per heavy atom. The molecule has 0 aliphatic heterocycles. The summed E-state index contributed by atoms with van der Waals surface area (Å²) in [5.74, 6) is -1.56. The Kier molecular flexibility index (Phi) is 14.3. The van der Waals surface area contributed by atoms with Crippen molar-refractivity contribution in [2.75, 3.05) is 36.3 Å². The van der Waals surface area contributed by atoms with E-state index in [1.54, 1.807) is 11.8 Å². The van der Waals surface area contributed by atoms with Crippen LogP contribution in [0.15, 0.2) is 0 Å². The van der Waals surface area contributed by atoms with Crippen molar-refractivity contribution in [3.63, 3.8) is 0 Å². The first-order chi connectivity index (χ1) is 12.8. The van der Waals surface area contributed by atoms with Crippen molar-refractivity contribution in [3.8, 4) is 0 Å². The molecular weight excluding hydrogens is 412 g/mol. The number of amides is 3. The van der Waals surface area contributed by atoms with Gasteiger partial charge in [0, 0.05) is 5.75 Å². The van der Waals surface area contributed by atoms with Gasteiger partial charge in [0.25, 0.3) is 0 Å². The molecule has 0 saturated heterocycles. The van der Waals surface area contributed by atoms with Crippen molar-refractivity contribution in [3.05, 3.63) is 0 Å². The lowest BCUT2D eigenvalue weighted by Gasteiger charge is -2.20. The molecule has 12 heteroatoms. The van der Waals surface area contributed by atoms with Crippen molar-refractivity contribution in [1.29, 1.82) is 0 Å². The van der Waals surface area contributed by atoms with E-state index in [0.29, 0.717) is 12.2 Å². The Balaban J connectivity index is 4.51. The molecule has 0 saturated carbocycles. The molecule has 0 radical (unpaired) electrons. The summed E-state index contributed by atoms with van der Waals surface area (Å²) in [5.41, 5.74) is 5.70. The first kappa shape index (κ1) is 25.9. The van der Waals surface area contributed by atoms with Crippen LogP contribution in [0, 0.1) is 0 Å². The Bertz CT molecular complexity index is 510. The van der Waals surface area contributed by atoms with Gasteiger partial charge in [-0.05, 0) is 36.9 Å². The van der Waals surface area contributed by atoms with Gasteiger partial charge in [-0.25, -0.2) is 4.79 Å². The predicted octanol–water partition coefficient (Wildman–Crippen LogP) is -1.08. The number of carbonyl (C=O) groups excluding carboxylic acids is 3. The minimum atomic E-state index is -1.15. The number of aliphatic carboxylic acids is 1. The molecule has 0 bridgehead atoms. The fourth-order valence-electron chi connectivity index (χ4n) is 1.88. The van der Waals surface area contributed by atoms with E-state index in [1.807, 2.05) is 12.5 Å². The largest absolute Gasteiger partial charge is 0.480 e. The number of hydrogen-bond donors (Lipinski definition) is 6. The van der Waals surface area contributed by atoms with E-state index in [-0.39, 0.29) is 18.7 Å². The Morgan fingerprint density at radius 1 is 1.00 bits per heavy atom. The summed E-state index contributed by atoms with van der Waals surface area (Å²) in [6.07, 6.45) is 4.48. The molecular formula is C15H28N4O5S3. The number of nitrogens with one attached hydrogen (secondary N) is 3. The van der Waals surface area contributed by atoms with Crippen LogP contribution >= 0.6 is 36.2 Å². The van der Waals surface area contributed by atoms with Crippen molar-refractivity contribution in [2.24, 2.45) is 5.73 Å². The number of hydrogen-bond acceptors (Lipinski definition) is 8. The average Bonchev–Trinajstić information content (AvgIpc) is 2.64. The molecule has 9 nitrogen and oxygen atoms in total. The highest BCUT2D eigenvalue weighted by Gasteiger charge is 2.25. The van der Waals surface area contributed by atoms with Crippen molar-refractivity contribution in [1.82, 2.24) is 16.0 Å². The molecule has 3 amide bonds. The van der Waals surface area contributed by atoms with Gasteiger partial charge < -0.3 is 26.8 Å². The molecule has 0 spiro atoms. The Labute approximate surface area is 173 Å². The van der Waals surface area contributed by atoms with E-state index >= 15 is 0 Å². The smallest absolute Gasteiger partial charge is 0.326 e. The molecule has 0 aromatic heterocycles. The fraction of sp³-hybridized carbons (Fsp3) is 0.733. The second-order valence-electron chi connectivity index (χ2n) is 5.59. The van der Waals surface area contributed by atoms with Crippen LogP contribution in [-0.2, 0) is 19.2 Å². The molecule has 0 aromatic rings. The lowest BCUT2D eigenvalue weighted by molar-refractivity contribution is -0.142. The van der Waals surface area contributed by atoms with Gasteiger partial charge in [0.15, 0.2) is 0 Å². The zero-order valence-electron chi connectivity index (χ0n) is 15.4. The molecule has 0 aliphatic carbocycles. The fourth-order valence-corrected chi connectivity index (χ4v) is 3.10. The second kappa shape index (κ2) is 14.9. The van der Waals surface area contributed by atoms with E-state index in [4.69, 9.17) is 10.8 Å². The third kappa shape index (κ3) is 11.4. The van der Waals surface area contributed by atoms with Gasteiger partial charge in [-0.2, -0.15) is 36.2 Å². The number of thiol groups is 1. The number of carboxylic acid groups (broad SMARTS) is 1. The van der Waals surface area contributed by atoms with Gasteiger partial charge in [-0.3, -0.25) is 14.4 Å². The summed E-state index contributed by atoms with van der Waals surface area (Å²) < 4.78 is 0. The molecule has 6 N–H and O–H groups in total. The SMILES string of the molecule is CSCCC(N)C(=O)NCC(=O)NC(CS)C(=O)NC(CCSC)C(=O)O. The van der Waals surface area contributed by atoms with Crippen LogP contribution in [0.25, 0.3) is 0 Å². The van der Waals surface area contributed by atoms with E-state index < -0.39 is 41.8 Å². The highest BCUT2D eigenvalue weighted by Crippen LogP contribution is 2.02. The number of carbonyl (C=O) groups is 4. The monoisotopic (exact) mass is 440 g/mol. The second-order valence-corrected chi connectivity index (χ2v) is 7.93. The molecule has 27 heavy (non-hydrogen) atoms. The van der Waals surface area contributed by atoms with E-state index in [1.165, 1.54) is 11.8 Å². The van der Waals surface area contributed by atoms with Crippen LogP contribution < -0.4 is 21.7 Å². The van der Waals surface area contributed by atoms with Crippen LogP contribution in [-0.4, -0.2) is 83.2 Å². The minimum absolute atomic E-state index is 0.0202.